The first-order chi connectivity index (χ1) is 15.5. The normalized spacial score (nSPS) is 10.1. The molecular formula is C24H23N3O5. The fourth-order valence-electron chi connectivity index (χ4n) is 3.13. The average Bonchev–Trinajstić information content (AvgIpc) is 2.80. The van der Waals surface area contributed by atoms with E-state index in [4.69, 9.17) is 9.47 Å². The van der Waals surface area contributed by atoms with Crippen molar-refractivity contribution in [2.45, 2.75) is 6.92 Å². The summed E-state index contributed by atoms with van der Waals surface area (Å²) in [6.07, 6.45) is 0.609. The molecule has 0 bridgehead atoms. The van der Waals surface area contributed by atoms with Crippen molar-refractivity contribution in [1.29, 1.82) is 0 Å². The first-order valence-corrected chi connectivity index (χ1v) is 9.71. The molecule has 32 heavy (non-hydrogen) atoms. The summed E-state index contributed by atoms with van der Waals surface area (Å²) in [6, 6.07) is 18.4. The molecule has 3 amide bonds. The minimum absolute atomic E-state index is 0.233. The number of benzene rings is 3. The van der Waals surface area contributed by atoms with E-state index in [2.05, 4.69) is 10.6 Å². The Kier molecular flexibility index (Phi) is 7.07. The van der Waals surface area contributed by atoms with Gasteiger partial charge in [0.2, 0.25) is 6.41 Å². The smallest absolute Gasteiger partial charge is 0.323 e. The summed E-state index contributed by atoms with van der Waals surface area (Å²) in [5.41, 5.74) is 2.36. The molecule has 3 aromatic carbocycles. The molecule has 2 N–H and O–H groups in total. The van der Waals surface area contributed by atoms with Crippen LogP contribution in [0, 0.1) is 0 Å². The van der Waals surface area contributed by atoms with E-state index in [0.29, 0.717) is 46.2 Å². The van der Waals surface area contributed by atoms with Crippen LogP contribution in [-0.2, 0) is 4.79 Å². The zero-order valence-electron chi connectivity index (χ0n) is 17.9. The van der Waals surface area contributed by atoms with Gasteiger partial charge in [-0.3, -0.25) is 14.5 Å². The van der Waals surface area contributed by atoms with E-state index in [0.717, 1.165) is 0 Å². The van der Waals surface area contributed by atoms with Gasteiger partial charge in [0.1, 0.15) is 0 Å². The van der Waals surface area contributed by atoms with Crippen LogP contribution < -0.4 is 25.0 Å². The minimum atomic E-state index is -0.394. The zero-order chi connectivity index (χ0) is 23.1. The lowest BCUT2D eigenvalue weighted by atomic mass is 10.1. The van der Waals surface area contributed by atoms with E-state index in [1.165, 1.54) is 32.1 Å². The highest BCUT2D eigenvalue weighted by Crippen LogP contribution is 2.37. The Morgan fingerprint density at radius 3 is 1.94 bits per heavy atom. The summed E-state index contributed by atoms with van der Waals surface area (Å²) in [4.78, 5) is 37.7. The molecule has 0 saturated heterocycles. The van der Waals surface area contributed by atoms with Gasteiger partial charge in [-0.2, -0.15) is 0 Å². The number of urea groups is 1. The van der Waals surface area contributed by atoms with E-state index in [9.17, 15) is 14.4 Å². The third-order valence-corrected chi connectivity index (χ3v) is 4.68. The molecule has 3 rings (SSSR count). The molecule has 0 aliphatic carbocycles. The van der Waals surface area contributed by atoms with Gasteiger partial charge in [0.25, 0.3) is 0 Å². The maximum atomic E-state index is 12.2. The quantitative estimate of drug-likeness (QED) is 0.391. The maximum Gasteiger partial charge on any atom is 0.323 e. The summed E-state index contributed by atoms with van der Waals surface area (Å²) in [5.74, 6) is 0.537. The van der Waals surface area contributed by atoms with Gasteiger partial charge in [-0.15, -0.1) is 0 Å². The fourth-order valence-corrected chi connectivity index (χ4v) is 3.13. The van der Waals surface area contributed by atoms with Crippen LogP contribution in [0.3, 0.4) is 0 Å². The first kappa shape index (κ1) is 22.4. The SMILES string of the molecule is COc1cc(C(C)=O)c(N(C=O)c2ccc(NC(=O)Nc3ccccc3)cc2)cc1OC. The van der Waals surface area contributed by atoms with Crippen molar-refractivity contribution in [3.63, 3.8) is 0 Å². The zero-order valence-corrected chi connectivity index (χ0v) is 17.9. The predicted molar refractivity (Wildman–Crippen MR) is 123 cm³/mol. The summed E-state index contributed by atoms with van der Waals surface area (Å²) >= 11 is 0. The van der Waals surface area contributed by atoms with Crippen molar-refractivity contribution in [3.8, 4) is 11.5 Å². The number of carbonyl (C=O) groups excluding carboxylic acids is 3. The highest BCUT2D eigenvalue weighted by molar-refractivity contribution is 6.05. The van der Waals surface area contributed by atoms with Crippen LogP contribution in [0.25, 0.3) is 0 Å². The van der Waals surface area contributed by atoms with Gasteiger partial charge in [-0.05, 0) is 49.4 Å². The van der Waals surface area contributed by atoms with E-state index in [1.807, 2.05) is 18.2 Å². The van der Waals surface area contributed by atoms with E-state index >= 15 is 0 Å². The molecule has 3 aromatic rings. The molecule has 0 unspecified atom stereocenters. The number of anilines is 4. The molecule has 0 aromatic heterocycles. The number of ether oxygens (including phenoxy) is 2. The van der Waals surface area contributed by atoms with Crippen LogP contribution in [0.1, 0.15) is 17.3 Å². The van der Waals surface area contributed by atoms with Crippen molar-refractivity contribution in [1.82, 2.24) is 0 Å². The van der Waals surface area contributed by atoms with Crippen molar-refractivity contribution >= 4 is 41.0 Å². The van der Waals surface area contributed by atoms with Gasteiger partial charge in [-0.25, -0.2) is 4.79 Å². The Balaban J connectivity index is 1.85. The molecule has 0 fully saturated rings. The minimum Gasteiger partial charge on any atom is -0.493 e. The number of carbonyl (C=O) groups is 3. The van der Waals surface area contributed by atoms with Gasteiger partial charge in [0.05, 0.1) is 19.9 Å². The molecule has 164 valence electrons. The van der Waals surface area contributed by atoms with Crippen LogP contribution >= 0.6 is 0 Å². The summed E-state index contributed by atoms with van der Waals surface area (Å²) in [7, 11) is 2.94. The lowest BCUT2D eigenvalue weighted by Gasteiger charge is -2.22. The molecule has 0 aliphatic heterocycles. The van der Waals surface area contributed by atoms with Crippen molar-refractivity contribution in [3.05, 3.63) is 72.3 Å². The van der Waals surface area contributed by atoms with Crippen LogP contribution in [0.15, 0.2) is 66.7 Å². The number of rotatable bonds is 8. The number of amides is 3. The Labute approximate surface area is 185 Å². The molecule has 0 radical (unpaired) electrons. The Hall–Kier alpha value is -4.33. The molecular weight excluding hydrogens is 410 g/mol. The second kappa shape index (κ2) is 10.1. The number of ketones is 1. The topological polar surface area (TPSA) is 97.0 Å². The Morgan fingerprint density at radius 1 is 0.844 bits per heavy atom. The molecule has 8 nitrogen and oxygen atoms in total. The number of hydrogen-bond acceptors (Lipinski definition) is 5. The number of Topliss-reactive ketones (excluding diaryl/α,β-unsaturated/α-hetero) is 1. The molecule has 0 atom stereocenters. The van der Waals surface area contributed by atoms with Gasteiger partial charge in [0, 0.05) is 28.7 Å². The molecule has 0 saturated carbocycles. The van der Waals surface area contributed by atoms with Crippen molar-refractivity contribution in [2.75, 3.05) is 29.8 Å². The van der Waals surface area contributed by atoms with Crippen LogP contribution in [0.2, 0.25) is 0 Å². The maximum absolute atomic E-state index is 12.2. The lowest BCUT2D eigenvalue weighted by Crippen LogP contribution is -2.20. The summed E-state index contributed by atoms with van der Waals surface area (Å²) < 4.78 is 10.6. The van der Waals surface area contributed by atoms with Crippen LogP contribution in [0.5, 0.6) is 11.5 Å². The highest BCUT2D eigenvalue weighted by Gasteiger charge is 2.20. The monoisotopic (exact) mass is 433 g/mol. The lowest BCUT2D eigenvalue weighted by molar-refractivity contribution is -0.106. The molecule has 8 heteroatoms. The average molecular weight is 433 g/mol. The van der Waals surface area contributed by atoms with Gasteiger partial charge >= 0.3 is 6.03 Å². The van der Waals surface area contributed by atoms with E-state index < -0.39 is 6.03 Å². The van der Waals surface area contributed by atoms with Crippen molar-refractivity contribution < 1.29 is 23.9 Å². The van der Waals surface area contributed by atoms with E-state index in [1.54, 1.807) is 42.5 Å². The number of nitrogens with zero attached hydrogens (tertiary/aromatic N) is 1. The number of hydrogen-bond donors (Lipinski definition) is 2. The fraction of sp³-hybridized carbons (Fsp3) is 0.125. The van der Waals surface area contributed by atoms with Crippen LogP contribution in [-0.4, -0.2) is 32.4 Å². The number of methoxy groups -OCH3 is 2. The first-order valence-electron chi connectivity index (χ1n) is 9.71. The summed E-state index contributed by atoms with van der Waals surface area (Å²) in [6.45, 7) is 1.41. The standard InChI is InChI=1S/C24H23N3O5/c1-16(29)20-13-22(31-2)23(32-3)14-21(20)27(15-28)19-11-9-18(10-12-19)26-24(30)25-17-7-5-4-6-8-17/h4-15H,1-3H3,(H2,25,26,30). The second-order valence-corrected chi connectivity index (χ2v) is 6.75. The molecule has 0 aliphatic rings. The number of para-hydroxylation sites is 1. The Bertz CT molecular complexity index is 1110. The number of nitrogens with one attached hydrogen (secondary N) is 2. The third kappa shape index (κ3) is 5.04. The predicted octanol–water partition coefficient (Wildman–Crippen LogP) is 4.84. The Morgan fingerprint density at radius 2 is 1.41 bits per heavy atom. The highest BCUT2D eigenvalue weighted by atomic mass is 16.5. The van der Waals surface area contributed by atoms with Gasteiger partial charge < -0.3 is 20.1 Å². The van der Waals surface area contributed by atoms with Gasteiger partial charge in [0.15, 0.2) is 17.3 Å². The van der Waals surface area contributed by atoms with E-state index in [-0.39, 0.29) is 5.78 Å². The molecule has 0 spiro atoms. The van der Waals surface area contributed by atoms with Gasteiger partial charge in [-0.1, -0.05) is 18.2 Å². The molecule has 0 heterocycles. The van der Waals surface area contributed by atoms with Crippen LogP contribution in [0.4, 0.5) is 27.5 Å². The largest absolute Gasteiger partial charge is 0.493 e. The third-order valence-electron chi connectivity index (χ3n) is 4.68. The second-order valence-electron chi connectivity index (χ2n) is 6.75. The van der Waals surface area contributed by atoms with Crippen molar-refractivity contribution in [2.24, 2.45) is 0 Å². The summed E-state index contributed by atoms with van der Waals surface area (Å²) in [5, 5.41) is 5.46.